The number of piperidine rings is 1. The Bertz CT molecular complexity index is 250. The van der Waals surface area contributed by atoms with Crippen LogP contribution in [-0.2, 0) is 18.9 Å². The van der Waals surface area contributed by atoms with Gasteiger partial charge in [0.2, 0.25) is 0 Å². The molecular weight excluding hydrogens is 246 g/mol. The summed E-state index contributed by atoms with van der Waals surface area (Å²) in [5.41, 5.74) is 0.0582. The zero-order chi connectivity index (χ0) is 13.6. The Kier molecular flexibility index (Phi) is 6.04. The summed E-state index contributed by atoms with van der Waals surface area (Å²) in [5, 5.41) is 3.37. The van der Waals surface area contributed by atoms with Crippen LogP contribution in [0, 0.1) is 0 Å². The average molecular weight is 273 g/mol. The first-order chi connectivity index (χ1) is 9.28. The number of ether oxygens (including phenoxy) is 4. The Morgan fingerprint density at radius 3 is 2.53 bits per heavy atom. The number of hydrogen-bond donors (Lipinski definition) is 1. The van der Waals surface area contributed by atoms with Crippen molar-refractivity contribution in [1.82, 2.24) is 5.32 Å². The van der Waals surface area contributed by atoms with Gasteiger partial charge in [-0.1, -0.05) is 0 Å². The molecule has 112 valence electrons. The second kappa shape index (κ2) is 7.55. The van der Waals surface area contributed by atoms with Gasteiger partial charge in [0, 0.05) is 19.6 Å². The molecule has 0 aliphatic carbocycles. The highest BCUT2D eigenvalue weighted by Gasteiger charge is 2.41. The Labute approximate surface area is 115 Å². The van der Waals surface area contributed by atoms with Crippen LogP contribution in [-0.4, -0.2) is 57.5 Å². The maximum absolute atomic E-state index is 6.00. The zero-order valence-corrected chi connectivity index (χ0v) is 12.2. The molecule has 0 bridgehead atoms. The molecule has 0 amide bonds. The highest BCUT2D eigenvalue weighted by Crippen LogP contribution is 2.35. The molecule has 0 aromatic heterocycles. The molecule has 1 N–H and O–H groups in total. The maximum Gasteiger partial charge on any atom is 0.180 e. The lowest BCUT2D eigenvalue weighted by atomic mass is 9.89. The standard InChI is InChI=1S/C14H27NO4/c1-3-16-13(17-4-2)11-18-12-9-14(19-10-12)5-7-15-8-6-14/h12-13,15H,3-11H2,1-2H3. The van der Waals surface area contributed by atoms with Crippen molar-refractivity contribution in [2.75, 3.05) is 39.5 Å². The van der Waals surface area contributed by atoms with E-state index in [1.54, 1.807) is 0 Å². The van der Waals surface area contributed by atoms with E-state index in [1.165, 1.54) is 0 Å². The van der Waals surface area contributed by atoms with E-state index in [4.69, 9.17) is 18.9 Å². The highest BCUT2D eigenvalue weighted by atomic mass is 16.7. The van der Waals surface area contributed by atoms with Crippen molar-refractivity contribution in [3.8, 4) is 0 Å². The van der Waals surface area contributed by atoms with Crippen molar-refractivity contribution in [3.05, 3.63) is 0 Å². The monoisotopic (exact) mass is 273 g/mol. The third-order valence-electron chi connectivity index (χ3n) is 3.86. The van der Waals surface area contributed by atoms with Gasteiger partial charge in [-0.25, -0.2) is 0 Å². The smallest absolute Gasteiger partial charge is 0.180 e. The van der Waals surface area contributed by atoms with E-state index < -0.39 is 0 Å². The lowest BCUT2D eigenvalue weighted by molar-refractivity contribution is -0.175. The minimum atomic E-state index is -0.250. The Balaban J connectivity index is 1.71. The molecule has 0 saturated carbocycles. The molecule has 19 heavy (non-hydrogen) atoms. The third-order valence-corrected chi connectivity index (χ3v) is 3.86. The molecule has 0 aromatic carbocycles. The molecule has 2 aliphatic rings. The van der Waals surface area contributed by atoms with Gasteiger partial charge >= 0.3 is 0 Å². The summed E-state index contributed by atoms with van der Waals surface area (Å²) in [6.07, 6.45) is 3.11. The fourth-order valence-electron chi connectivity index (χ4n) is 2.87. The quantitative estimate of drug-likeness (QED) is 0.709. The molecule has 0 aromatic rings. The molecule has 2 saturated heterocycles. The molecule has 1 atom stereocenters. The Morgan fingerprint density at radius 2 is 1.89 bits per heavy atom. The molecule has 5 heteroatoms. The summed E-state index contributed by atoms with van der Waals surface area (Å²) >= 11 is 0. The molecular formula is C14H27NO4. The van der Waals surface area contributed by atoms with E-state index in [-0.39, 0.29) is 18.0 Å². The van der Waals surface area contributed by atoms with Gasteiger partial charge in [0.15, 0.2) is 6.29 Å². The first-order valence-electron chi connectivity index (χ1n) is 7.47. The van der Waals surface area contributed by atoms with E-state index in [0.29, 0.717) is 26.4 Å². The summed E-state index contributed by atoms with van der Waals surface area (Å²) in [7, 11) is 0. The number of hydrogen-bond acceptors (Lipinski definition) is 5. The lowest BCUT2D eigenvalue weighted by Gasteiger charge is -2.32. The summed E-state index contributed by atoms with van der Waals surface area (Å²) in [4.78, 5) is 0. The zero-order valence-electron chi connectivity index (χ0n) is 12.2. The molecule has 2 rings (SSSR count). The summed E-state index contributed by atoms with van der Waals surface area (Å²) in [5.74, 6) is 0. The van der Waals surface area contributed by atoms with Crippen LogP contribution >= 0.6 is 0 Å². The van der Waals surface area contributed by atoms with Crippen molar-refractivity contribution in [2.24, 2.45) is 0 Å². The van der Waals surface area contributed by atoms with Crippen molar-refractivity contribution >= 4 is 0 Å². The fraction of sp³-hybridized carbons (Fsp3) is 1.00. The maximum atomic E-state index is 6.00. The second-order valence-corrected chi connectivity index (χ2v) is 5.24. The number of rotatable bonds is 7. The van der Waals surface area contributed by atoms with Crippen molar-refractivity contribution in [2.45, 2.75) is 51.1 Å². The minimum absolute atomic E-state index is 0.0582. The lowest BCUT2D eigenvalue weighted by Crippen LogP contribution is -2.41. The minimum Gasteiger partial charge on any atom is -0.372 e. The fourth-order valence-corrected chi connectivity index (χ4v) is 2.87. The average Bonchev–Trinajstić information content (AvgIpc) is 2.80. The van der Waals surface area contributed by atoms with E-state index in [1.807, 2.05) is 13.8 Å². The van der Waals surface area contributed by atoms with Crippen molar-refractivity contribution in [1.29, 1.82) is 0 Å². The van der Waals surface area contributed by atoms with Gasteiger partial charge in [0.05, 0.1) is 24.9 Å². The third kappa shape index (κ3) is 4.39. The Morgan fingerprint density at radius 1 is 1.21 bits per heavy atom. The van der Waals surface area contributed by atoms with Crippen LogP contribution in [0.4, 0.5) is 0 Å². The van der Waals surface area contributed by atoms with Crippen molar-refractivity contribution in [3.63, 3.8) is 0 Å². The van der Waals surface area contributed by atoms with E-state index in [2.05, 4.69) is 5.32 Å². The highest BCUT2D eigenvalue weighted by molar-refractivity contribution is 4.93. The van der Waals surface area contributed by atoms with E-state index >= 15 is 0 Å². The van der Waals surface area contributed by atoms with Gasteiger partial charge in [-0.15, -0.1) is 0 Å². The first-order valence-corrected chi connectivity index (χ1v) is 7.47. The van der Waals surface area contributed by atoms with Crippen LogP contribution < -0.4 is 5.32 Å². The number of nitrogens with one attached hydrogen (secondary N) is 1. The van der Waals surface area contributed by atoms with E-state index in [0.717, 1.165) is 32.4 Å². The summed E-state index contributed by atoms with van der Waals surface area (Å²) < 4.78 is 22.9. The van der Waals surface area contributed by atoms with Gasteiger partial charge in [0.25, 0.3) is 0 Å². The summed E-state index contributed by atoms with van der Waals surface area (Å²) in [6, 6.07) is 0. The van der Waals surface area contributed by atoms with Gasteiger partial charge < -0.3 is 24.3 Å². The topological polar surface area (TPSA) is 49.0 Å². The van der Waals surface area contributed by atoms with Gasteiger partial charge in [0.1, 0.15) is 0 Å². The molecule has 0 radical (unpaired) electrons. The van der Waals surface area contributed by atoms with Crippen LogP contribution in [0.15, 0.2) is 0 Å². The van der Waals surface area contributed by atoms with Crippen molar-refractivity contribution < 1.29 is 18.9 Å². The van der Waals surface area contributed by atoms with Gasteiger partial charge in [-0.3, -0.25) is 0 Å². The summed E-state index contributed by atoms with van der Waals surface area (Å²) in [6.45, 7) is 8.51. The molecule has 5 nitrogen and oxygen atoms in total. The second-order valence-electron chi connectivity index (χ2n) is 5.24. The normalized spacial score (nSPS) is 26.4. The van der Waals surface area contributed by atoms with Crippen LogP contribution in [0.2, 0.25) is 0 Å². The van der Waals surface area contributed by atoms with Crippen LogP contribution in [0.5, 0.6) is 0 Å². The van der Waals surface area contributed by atoms with E-state index in [9.17, 15) is 0 Å². The molecule has 1 spiro atoms. The van der Waals surface area contributed by atoms with Gasteiger partial charge in [-0.2, -0.15) is 0 Å². The SMILES string of the molecule is CCOC(COC1COC2(CCNCC2)C1)OCC. The molecule has 2 fully saturated rings. The predicted molar refractivity (Wildman–Crippen MR) is 72.2 cm³/mol. The molecule has 2 aliphatic heterocycles. The van der Waals surface area contributed by atoms with Crippen LogP contribution in [0.25, 0.3) is 0 Å². The first kappa shape index (κ1) is 15.2. The molecule has 1 unspecified atom stereocenters. The van der Waals surface area contributed by atoms with Crippen LogP contribution in [0.3, 0.4) is 0 Å². The Hall–Kier alpha value is -0.200. The predicted octanol–water partition coefficient (Wildman–Crippen LogP) is 1.31. The van der Waals surface area contributed by atoms with Crippen LogP contribution in [0.1, 0.15) is 33.1 Å². The largest absolute Gasteiger partial charge is 0.372 e. The van der Waals surface area contributed by atoms with Gasteiger partial charge in [-0.05, 0) is 39.8 Å². The molecule has 2 heterocycles.